The Kier molecular flexibility index (Phi) is 3.68. The molecule has 0 aliphatic rings. The third kappa shape index (κ3) is 2.47. The summed E-state index contributed by atoms with van der Waals surface area (Å²) in [6.07, 6.45) is 1.69. The number of ether oxygens (including phenoxy) is 2. The first-order chi connectivity index (χ1) is 7.10. The first-order valence-corrected chi connectivity index (χ1v) is 4.48. The number of esters is 1. The van der Waals surface area contributed by atoms with E-state index in [1.807, 2.05) is 6.92 Å². The van der Waals surface area contributed by atoms with Crippen LogP contribution in [0.15, 0.2) is 6.20 Å². The first-order valence-electron chi connectivity index (χ1n) is 4.48. The lowest BCUT2D eigenvalue weighted by Crippen LogP contribution is -2.25. The van der Waals surface area contributed by atoms with E-state index in [4.69, 9.17) is 10.5 Å². The molecule has 84 valence electrons. The van der Waals surface area contributed by atoms with Gasteiger partial charge in [0.15, 0.2) is 6.04 Å². The van der Waals surface area contributed by atoms with Gasteiger partial charge in [-0.25, -0.2) is 4.79 Å². The van der Waals surface area contributed by atoms with E-state index in [-0.39, 0.29) is 6.61 Å². The maximum atomic E-state index is 11.4. The second-order valence-electron chi connectivity index (χ2n) is 3.17. The molecule has 1 atom stereocenters. The molecule has 6 heteroatoms. The van der Waals surface area contributed by atoms with Gasteiger partial charge in [-0.15, -0.1) is 0 Å². The van der Waals surface area contributed by atoms with Crippen LogP contribution >= 0.6 is 0 Å². The number of aryl methyl sites for hydroxylation is 1. The lowest BCUT2D eigenvalue weighted by molar-refractivity contribution is -0.146. The number of hydrogen-bond acceptors (Lipinski definition) is 5. The SMILES string of the molecule is COCC(C(=O)OC)n1cc(C)c(N)n1. The van der Waals surface area contributed by atoms with Gasteiger partial charge >= 0.3 is 5.97 Å². The van der Waals surface area contributed by atoms with Crippen LogP contribution in [-0.4, -0.2) is 36.6 Å². The smallest absolute Gasteiger partial charge is 0.333 e. The summed E-state index contributed by atoms with van der Waals surface area (Å²) in [5.74, 6) is -0.000596. The Morgan fingerprint density at radius 2 is 2.33 bits per heavy atom. The largest absolute Gasteiger partial charge is 0.467 e. The Bertz CT molecular complexity index is 329. The Labute approximate surface area is 88.0 Å². The van der Waals surface area contributed by atoms with Crippen LogP contribution in [0.5, 0.6) is 0 Å². The van der Waals surface area contributed by atoms with E-state index in [0.29, 0.717) is 5.82 Å². The van der Waals surface area contributed by atoms with Crippen molar-refractivity contribution in [2.24, 2.45) is 0 Å². The Morgan fingerprint density at radius 3 is 2.73 bits per heavy atom. The normalized spacial score (nSPS) is 12.5. The second-order valence-corrected chi connectivity index (χ2v) is 3.17. The maximum Gasteiger partial charge on any atom is 0.333 e. The van der Waals surface area contributed by atoms with Crippen molar-refractivity contribution in [3.05, 3.63) is 11.8 Å². The molecule has 0 spiro atoms. The zero-order valence-electron chi connectivity index (χ0n) is 9.06. The molecule has 0 amide bonds. The fourth-order valence-electron chi connectivity index (χ4n) is 1.20. The van der Waals surface area contributed by atoms with Gasteiger partial charge in [-0.05, 0) is 6.92 Å². The quantitative estimate of drug-likeness (QED) is 0.719. The number of nitrogens with zero attached hydrogens (tertiary/aromatic N) is 2. The molecule has 0 saturated carbocycles. The summed E-state index contributed by atoms with van der Waals surface area (Å²) < 4.78 is 11.0. The number of rotatable bonds is 4. The third-order valence-electron chi connectivity index (χ3n) is 2.07. The number of carbonyl (C=O) groups excluding carboxylic acids is 1. The Balaban J connectivity index is 2.93. The molecule has 0 fully saturated rings. The van der Waals surface area contributed by atoms with E-state index in [1.54, 1.807) is 6.20 Å². The van der Waals surface area contributed by atoms with Crippen molar-refractivity contribution >= 4 is 11.8 Å². The summed E-state index contributed by atoms with van der Waals surface area (Å²) in [6.45, 7) is 2.02. The van der Waals surface area contributed by atoms with Gasteiger partial charge in [-0.3, -0.25) is 4.68 Å². The molecule has 2 N–H and O–H groups in total. The molecule has 1 aromatic heterocycles. The highest BCUT2D eigenvalue weighted by atomic mass is 16.5. The van der Waals surface area contributed by atoms with E-state index < -0.39 is 12.0 Å². The van der Waals surface area contributed by atoms with Crippen LogP contribution in [0.1, 0.15) is 11.6 Å². The van der Waals surface area contributed by atoms with Crippen LogP contribution in [0, 0.1) is 6.92 Å². The molecule has 1 aromatic rings. The summed E-state index contributed by atoms with van der Waals surface area (Å²) in [5, 5.41) is 4.01. The fourth-order valence-corrected chi connectivity index (χ4v) is 1.20. The average Bonchev–Trinajstić information content (AvgIpc) is 2.54. The topological polar surface area (TPSA) is 79.4 Å². The molecular formula is C9H15N3O3. The summed E-state index contributed by atoms with van der Waals surface area (Å²) >= 11 is 0. The van der Waals surface area contributed by atoms with Crippen molar-refractivity contribution in [1.82, 2.24) is 9.78 Å². The zero-order valence-corrected chi connectivity index (χ0v) is 9.06. The number of nitrogens with two attached hydrogens (primary N) is 1. The Morgan fingerprint density at radius 1 is 1.67 bits per heavy atom. The van der Waals surface area contributed by atoms with Gasteiger partial charge in [0, 0.05) is 18.9 Å². The number of nitrogen functional groups attached to an aromatic ring is 1. The van der Waals surface area contributed by atoms with Gasteiger partial charge in [0.1, 0.15) is 5.82 Å². The second kappa shape index (κ2) is 4.79. The highest BCUT2D eigenvalue weighted by Gasteiger charge is 2.22. The molecule has 1 unspecified atom stereocenters. The first kappa shape index (κ1) is 11.5. The highest BCUT2D eigenvalue weighted by molar-refractivity contribution is 5.74. The molecule has 0 bridgehead atoms. The van der Waals surface area contributed by atoms with Crippen molar-refractivity contribution in [2.45, 2.75) is 13.0 Å². The Hall–Kier alpha value is -1.56. The number of methoxy groups -OCH3 is 2. The van der Waals surface area contributed by atoms with Crippen molar-refractivity contribution < 1.29 is 14.3 Å². The van der Waals surface area contributed by atoms with Crippen molar-refractivity contribution in [1.29, 1.82) is 0 Å². The van der Waals surface area contributed by atoms with Gasteiger partial charge in [0.2, 0.25) is 0 Å². The molecule has 0 aliphatic heterocycles. The van der Waals surface area contributed by atoms with Crippen LogP contribution in [-0.2, 0) is 14.3 Å². The summed E-state index contributed by atoms with van der Waals surface area (Å²) in [6, 6.07) is -0.587. The molecule has 1 rings (SSSR count). The lowest BCUT2D eigenvalue weighted by Gasteiger charge is -2.13. The fraction of sp³-hybridized carbons (Fsp3) is 0.556. The molecule has 0 aromatic carbocycles. The van der Waals surface area contributed by atoms with E-state index in [1.165, 1.54) is 18.9 Å². The van der Waals surface area contributed by atoms with Gasteiger partial charge in [-0.2, -0.15) is 5.10 Å². The van der Waals surface area contributed by atoms with Gasteiger partial charge in [0.25, 0.3) is 0 Å². The van der Waals surface area contributed by atoms with E-state index in [2.05, 4.69) is 9.84 Å². The molecular weight excluding hydrogens is 198 g/mol. The van der Waals surface area contributed by atoms with Gasteiger partial charge < -0.3 is 15.2 Å². The molecule has 0 aliphatic carbocycles. The van der Waals surface area contributed by atoms with Crippen LogP contribution < -0.4 is 5.73 Å². The van der Waals surface area contributed by atoms with Crippen molar-refractivity contribution in [3.63, 3.8) is 0 Å². The van der Waals surface area contributed by atoms with Gasteiger partial charge in [-0.1, -0.05) is 0 Å². The van der Waals surface area contributed by atoms with Crippen LogP contribution in [0.25, 0.3) is 0 Å². The van der Waals surface area contributed by atoms with E-state index in [0.717, 1.165) is 5.56 Å². The summed E-state index contributed by atoms with van der Waals surface area (Å²) in [7, 11) is 2.83. The predicted molar refractivity (Wildman–Crippen MR) is 54.3 cm³/mol. The summed E-state index contributed by atoms with van der Waals surface area (Å²) in [4.78, 5) is 11.4. The van der Waals surface area contributed by atoms with Crippen molar-refractivity contribution in [3.8, 4) is 0 Å². The molecule has 0 radical (unpaired) electrons. The standard InChI is InChI=1S/C9H15N3O3/c1-6-4-12(11-8(6)10)7(5-14-2)9(13)15-3/h4,7H,5H2,1-3H3,(H2,10,11). The number of hydrogen-bond donors (Lipinski definition) is 1. The number of carbonyl (C=O) groups is 1. The van der Waals surface area contributed by atoms with Gasteiger partial charge in [0.05, 0.1) is 13.7 Å². The van der Waals surface area contributed by atoms with E-state index >= 15 is 0 Å². The predicted octanol–water partition coefficient (Wildman–Crippen LogP) is 0.134. The van der Waals surface area contributed by atoms with Crippen LogP contribution in [0.2, 0.25) is 0 Å². The van der Waals surface area contributed by atoms with E-state index in [9.17, 15) is 4.79 Å². The minimum absolute atomic E-state index is 0.202. The minimum Gasteiger partial charge on any atom is -0.467 e. The molecule has 6 nitrogen and oxygen atoms in total. The number of anilines is 1. The summed E-state index contributed by atoms with van der Waals surface area (Å²) in [5.41, 5.74) is 6.41. The van der Waals surface area contributed by atoms with Crippen LogP contribution in [0.4, 0.5) is 5.82 Å². The van der Waals surface area contributed by atoms with Crippen molar-refractivity contribution in [2.75, 3.05) is 26.6 Å². The number of aromatic nitrogens is 2. The monoisotopic (exact) mass is 213 g/mol. The average molecular weight is 213 g/mol. The molecule has 1 heterocycles. The highest BCUT2D eigenvalue weighted by Crippen LogP contribution is 2.13. The third-order valence-corrected chi connectivity index (χ3v) is 2.07. The maximum absolute atomic E-state index is 11.4. The minimum atomic E-state index is -0.587. The zero-order chi connectivity index (χ0) is 11.4. The molecule has 15 heavy (non-hydrogen) atoms. The molecule has 0 saturated heterocycles. The van der Waals surface area contributed by atoms with Crippen LogP contribution in [0.3, 0.4) is 0 Å². The lowest BCUT2D eigenvalue weighted by atomic mass is 10.3.